The third-order valence-electron chi connectivity index (χ3n) is 3.50. The topological polar surface area (TPSA) is 32.3 Å². The highest BCUT2D eigenvalue weighted by Gasteiger charge is 2.32. The molecular weight excluding hydrogens is 253 g/mol. The Morgan fingerprint density at radius 1 is 1.39 bits per heavy atom. The summed E-state index contributed by atoms with van der Waals surface area (Å²) >= 11 is 0. The van der Waals surface area contributed by atoms with Crippen molar-refractivity contribution in [2.45, 2.75) is 50.8 Å². The number of nitrogens with one attached hydrogen (secondary N) is 1. The van der Waals surface area contributed by atoms with Gasteiger partial charge in [0.2, 0.25) is 0 Å². The van der Waals surface area contributed by atoms with Crippen LogP contribution in [0.5, 0.6) is 0 Å². The Morgan fingerprint density at radius 3 is 2.67 bits per heavy atom. The molecule has 0 aliphatic carbocycles. The van der Waals surface area contributed by atoms with Gasteiger partial charge < -0.3 is 10.4 Å². The van der Waals surface area contributed by atoms with Crippen molar-refractivity contribution in [1.29, 1.82) is 0 Å². The summed E-state index contributed by atoms with van der Waals surface area (Å²) in [5.41, 5.74) is 0.414. The fourth-order valence-electron chi connectivity index (χ4n) is 2.58. The summed E-state index contributed by atoms with van der Waals surface area (Å²) in [6.45, 7) is 4.24. The fourth-order valence-corrected chi connectivity index (χ4v) is 2.58. The maximum atomic E-state index is 13.6. The van der Waals surface area contributed by atoms with E-state index >= 15 is 0 Å². The van der Waals surface area contributed by atoms with Gasteiger partial charge in [-0.25, -0.2) is 4.39 Å². The molecule has 0 saturated carbocycles. The molecule has 0 bridgehead atoms. The van der Waals surface area contributed by atoms with Gasteiger partial charge in [0.15, 0.2) is 0 Å². The summed E-state index contributed by atoms with van der Waals surface area (Å²) in [6.07, 6.45) is 2.28. The standard InChI is InChI=1S/C14H20FNO.ClH/c1-14(2)9-5-8-12(16-14)13(17)10-6-3-4-7-11(10)15;/h3-4,6-7,12-13,16-17H,5,8-9H2,1-2H3;1H/t12?,13-;/m1./s1. The molecule has 0 radical (unpaired) electrons. The lowest BCUT2D eigenvalue weighted by Crippen LogP contribution is -2.51. The first-order valence-corrected chi connectivity index (χ1v) is 6.20. The van der Waals surface area contributed by atoms with Gasteiger partial charge in [-0.2, -0.15) is 0 Å². The van der Waals surface area contributed by atoms with Gasteiger partial charge in [-0.1, -0.05) is 18.2 Å². The van der Waals surface area contributed by atoms with Crippen molar-refractivity contribution in [3.8, 4) is 0 Å². The fraction of sp³-hybridized carbons (Fsp3) is 0.571. The van der Waals surface area contributed by atoms with Gasteiger partial charge in [-0.15, -0.1) is 12.4 Å². The van der Waals surface area contributed by atoms with Crippen LogP contribution < -0.4 is 5.32 Å². The van der Waals surface area contributed by atoms with E-state index in [1.807, 2.05) is 0 Å². The molecule has 1 aliphatic rings. The monoisotopic (exact) mass is 273 g/mol. The minimum Gasteiger partial charge on any atom is -0.387 e. The predicted molar refractivity (Wildman–Crippen MR) is 73.5 cm³/mol. The van der Waals surface area contributed by atoms with E-state index in [9.17, 15) is 9.50 Å². The molecule has 18 heavy (non-hydrogen) atoms. The summed E-state index contributed by atoms with van der Waals surface area (Å²) in [5.74, 6) is -0.329. The van der Waals surface area contributed by atoms with E-state index in [1.165, 1.54) is 6.07 Å². The first-order chi connectivity index (χ1) is 7.99. The normalized spacial score (nSPS) is 24.1. The molecule has 1 heterocycles. The van der Waals surface area contributed by atoms with Crippen LogP contribution in [0.3, 0.4) is 0 Å². The van der Waals surface area contributed by atoms with Crippen LogP contribution in [0.1, 0.15) is 44.8 Å². The molecule has 1 unspecified atom stereocenters. The van der Waals surface area contributed by atoms with Crippen molar-refractivity contribution in [3.63, 3.8) is 0 Å². The Hall–Kier alpha value is -0.640. The summed E-state index contributed by atoms with van der Waals surface area (Å²) in [7, 11) is 0. The largest absolute Gasteiger partial charge is 0.387 e. The second-order valence-electron chi connectivity index (χ2n) is 5.49. The summed E-state index contributed by atoms with van der Waals surface area (Å²) in [4.78, 5) is 0. The van der Waals surface area contributed by atoms with Crippen LogP contribution in [0.25, 0.3) is 0 Å². The van der Waals surface area contributed by atoms with E-state index in [4.69, 9.17) is 0 Å². The highest BCUT2D eigenvalue weighted by atomic mass is 35.5. The Kier molecular flexibility index (Phi) is 5.14. The van der Waals surface area contributed by atoms with Crippen LogP contribution in [0, 0.1) is 5.82 Å². The van der Waals surface area contributed by atoms with Gasteiger partial charge in [0.1, 0.15) is 5.82 Å². The number of halogens is 2. The number of benzene rings is 1. The molecule has 4 heteroatoms. The van der Waals surface area contributed by atoms with E-state index < -0.39 is 6.10 Å². The van der Waals surface area contributed by atoms with Crippen LogP contribution >= 0.6 is 12.4 Å². The molecule has 2 rings (SSSR count). The zero-order valence-electron chi connectivity index (χ0n) is 10.8. The highest BCUT2D eigenvalue weighted by Crippen LogP contribution is 2.29. The molecule has 2 N–H and O–H groups in total. The number of aliphatic hydroxyl groups excluding tert-OH is 1. The SMILES string of the molecule is CC1(C)CCCC([C@H](O)c2ccccc2F)N1.Cl. The van der Waals surface area contributed by atoms with Crippen molar-refractivity contribution in [2.24, 2.45) is 0 Å². The predicted octanol–water partition coefficient (Wildman–Crippen LogP) is 3.20. The molecule has 2 nitrogen and oxygen atoms in total. The lowest BCUT2D eigenvalue weighted by atomic mass is 9.85. The van der Waals surface area contributed by atoms with Gasteiger partial charge in [0, 0.05) is 17.1 Å². The number of rotatable bonds is 2. The second-order valence-corrected chi connectivity index (χ2v) is 5.49. The third kappa shape index (κ3) is 3.44. The molecule has 1 aliphatic heterocycles. The number of hydrogen-bond acceptors (Lipinski definition) is 2. The van der Waals surface area contributed by atoms with Crippen LogP contribution in [-0.2, 0) is 0 Å². The smallest absolute Gasteiger partial charge is 0.129 e. The van der Waals surface area contributed by atoms with E-state index in [2.05, 4.69) is 19.2 Å². The number of aliphatic hydroxyl groups is 1. The minimum absolute atomic E-state index is 0. The Bertz CT molecular complexity index is 397. The minimum atomic E-state index is -0.768. The molecular formula is C14H21ClFNO. The van der Waals surface area contributed by atoms with Crippen molar-refractivity contribution < 1.29 is 9.50 Å². The van der Waals surface area contributed by atoms with Gasteiger partial charge in [-0.05, 0) is 39.2 Å². The number of piperidine rings is 1. The molecule has 1 aromatic rings. The van der Waals surface area contributed by atoms with Gasteiger partial charge in [0.25, 0.3) is 0 Å². The number of hydrogen-bond donors (Lipinski definition) is 2. The zero-order chi connectivity index (χ0) is 12.5. The van der Waals surface area contributed by atoms with E-state index in [0.717, 1.165) is 19.3 Å². The van der Waals surface area contributed by atoms with E-state index in [-0.39, 0.29) is 29.8 Å². The average Bonchev–Trinajstić information content (AvgIpc) is 2.27. The maximum Gasteiger partial charge on any atom is 0.129 e. The molecule has 0 spiro atoms. The van der Waals surface area contributed by atoms with Crippen LogP contribution in [0.15, 0.2) is 24.3 Å². The highest BCUT2D eigenvalue weighted by molar-refractivity contribution is 5.85. The maximum absolute atomic E-state index is 13.6. The zero-order valence-corrected chi connectivity index (χ0v) is 11.6. The molecule has 1 aromatic carbocycles. The average molecular weight is 274 g/mol. The lowest BCUT2D eigenvalue weighted by Gasteiger charge is -2.39. The molecule has 0 aromatic heterocycles. The molecule has 0 amide bonds. The molecule has 1 fully saturated rings. The van der Waals surface area contributed by atoms with Crippen molar-refractivity contribution in [1.82, 2.24) is 5.32 Å². The van der Waals surface area contributed by atoms with E-state index in [1.54, 1.807) is 18.2 Å². The second kappa shape index (κ2) is 6.00. The molecule has 2 atom stereocenters. The van der Waals surface area contributed by atoms with Crippen LogP contribution in [0.4, 0.5) is 4.39 Å². The molecule has 1 saturated heterocycles. The first-order valence-electron chi connectivity index (χ1n) is 6.20. The van der Waals surface area contributed by atoms with Crippen molar-refractivity contribution in [2.75, 3.05) is 0 Å². The summed E-state index contributed by atoms with van der Waals surface area (Å²) < 4.78 is 13.6. The van der Waals surface area contributed by atoms with Crippen LogP contribution in [0.2, 0.25) is 0 Å². The Labute approximate surface area is 114 Å². The Morgan fingerprint density at radius 2 is 2.06 bits per heavy atom. The quantitative estimate of drug-likeness (QED) is 0.867. The van der Waals surface area contributed by atoms with Crippen molar-refractivity contribution in [3.05, 3.63) is 35.6 Å². The van der Waals surface area contributed by atoms with Crippen molar-refractivity contribution >= 4 is 12.4 Å². The Balaban J connectivity index is 0.00000162. The van der Waals surface area contributed by atoms with Crippen LogP contribution in [-0.4, -0.2) is 16.7 Å². The molecule has 102 valence electrons. The van der Waals surface area contributed by atoms with Gasteiger partial charge >= 0.3 is 0 Å². The first kappa shape index (κ1) is 15.4. The lowest BCUT2D eigenvalue weighted by molar-refractivity contribution is 0.0817. The third-order valence-corrected chi connectivity index (χ3v) is 3.50. The summed E-state index contributed by atoms with van der Waals surface area (Å²) in [5, 5.41) is 13.7. The summed E-state index contributed by atoms with van der Waals surface area (Å²) in [6, 6.07) is 6.39. The van der Waals surface area contributed by atoms with Gasteiger partial charge in [0.05, 0.1) is 6.10 Å². The van der Waals surface area contributed by atoms with Gasteiger partial charge in [-0.3, -0.25) is 0 Å². The van der Waals surface area contributed by atoms with E-state index in [0.29, 0.717) is 5.56 Å².